The first-order chi connectivity index (χ1) is 11.6. The minimum Gasteiger partial charge on any atom is -0.391 e. The van der Waals surface area contributed by atoms with Gasteiger partial charge in [0.2, 0.25) is 0 Å². The second-order valence-electron chi connectivity index (χ2n) is 6.45. The van der Waals surface area contributed by atoms with Gasteiger partial charge in [0, 0.05) is 34.8 Å². The van der Waals surface area contributed by atoms with Crippen LogP contribution in [-0.2, 0) is 0 Å². The van der Waals surface area contributed by atoms with Crippen LogP contribution in [0, 0.1) is 6.92 Å². The molecule has 4 nitrogen and oxygen atoms in total. The van der Waals surface area contributed by atoms with Gasteiger partial charge in [-0.3, -0.25) is 4.79 Å². The maximum atomic E-state index is 12.8. The van der Waals surface area contributed by atoms with Crippen LogP contribution < -0.4 is 0 Å². The van der Waals surface area contributed by atoms with Crippen LogP contribution in [0.15, 0.2) is 41.8 Å². The van der Waals surface area contributed by atoms with Gasteiger partial charge in [0.25, 0.3) is 5.91 Å². The van der Waals surface area contributed by atoms with E-state index in [0.29, 0.717) is 18.8 Å². The molecule has 0 spiro atoms. The molecule has 0 radical (unpaired) electrons. The van der Waals surface area contributed by atoms with Crippen LogP contribution >= 0.6 is 11.3 Å². The van der Waals surface area contributed by atoms with Gasteiger partial charge in [-0.2, -0.15) is 0 Å². The molecule has 5 heteroatoms. The number of likely N-dealkylation sites (tertiary alicyclic amines) is 1. The summed E-state index contributed by atoms with van der Waals surface area (Å²) in [5, 5.41) is 13.7. The minimum atomic E-state index is -0.510. The summed E-state index contributed by atoms with van der Waals surface area (Å²) in [6, 6.07) is 11.8. The van der Waals surface area contributed by atoms with Crippen molar-refractivity contribution in [3.63, 3.8) is 0 Å². The number of nitrogens with zero attached hydrogens (tertiary/aromatic N) is 1. The molecule has 2 aromatic heterocycles. The molecule has 0 saturated carbocycles. The largest absolute Gasteiger partial charge is 0.391 e. The Kier molecular flexibility index (Phi) is 3.90. The van der Waals surface area contributed by atoms with E-state index >= 15 is 0 Å². The molecule has 0 unspecified atom stereocenters. The number of rotatable bonds is 2. The number of β-amino-alcohol motifs (C(OH)–C–C–N with tert-alkyl or cyclic N) is 1. The topological polar surface area (TPSA) is 56.3 Å². The van der Waals surface area contributed by atoms with E-state index in [1.54, 1.807) is 16.2 Å². The highest BCUT2D eigenvalue weighted by Crippen LogP contribution is 2.34. The Hall–Kier alpha value is -2.11. The number of thiophene rings is 1. The Morgan fingerprint density at radius 3 is 2.88 bits per heavy atom. The SMILES string of the molecule is Cc1ccsc1[C@@H]1CCN(C(=O)c2cc3ccccc3[nH]2)C[C@H]1O. The van der Waals surface area contributed by atoms with Crippen LogP contribution in [-0.4, -0.2) is 40.1 Å². The lowest BCUT2D eigenvalue weighted by Gasteiger charge is -2.35. The number of carbonyl (C=O) groups is 1. The van der Waals surface area contributed by atoms with E-state index in [9.17, 15) is 9.90 Å². The van der Waals surface area contributed by atoms with Crippen LogP contribution in [0.5, 0.6) is 0 Å². The van der Waals surface area contributed by atoms with Gasteiger partial charge in [-0.1, -0.05) is 18.2 Å². The van der Waals surface area contributed by atoms with Gasteiger partial charge in [-0.25, -0.2) is 0 Å². The predicted octanol–water partition coefficient (Wildman–Crippen LogP) is 3.53. The average molecular weight is 340 g/mol. The Bertz CT molecular complexity index is 849. The van der Waals surface area contributed by atoms with Crippen LogP contribution in [0.25, 0.3) is 10.9 Å². The maximum Gasteiger partial charge on any atom is 0.270 e. The number of benzene rings is 1. The van der Waals surface area contributed by atoms with Gasteiger partial charge in [0.15, 0.2) is 0 Å². The average Bonchev–Trinajstić information content (AvgIpc) is 3.20. The summed E-state index contributed by atoms with van der Waals surface area (Å²) in [4.78, 5) is 19.0. The summed E-state index contributed by atoms with van der Waals surface area (Å²) in [5.74, 6) is 0.100. The lowest BCUT2D eigenvalue weighted by molar-refractivity contribution is 0.0383. The standard InChI is InChI=1S/C19H20N2O2S/c1-12-7-9-24-18(12)14-6-8-21(11-17(14)22)19(23)16-10-13-4-2-3-5-15(13)20-16/h2-5,7,9-10,14,17,20,22H,6,8,11H2,1H3/t14-,17-/m1/s1. The van der Waals surface area contributed by atoms with Gasteiger partial charge < -0.3 is 15.0 Å². The highest BCUT2D eigenvalue weighted by Gasteiger charge is 2.33. The number of para-hydroxylation sites is 1. The number of hydrogen-bond acceptors (Lipinski definition) is 3. The molecule has 124 valence electrons. The molecule has 1 saturated heterocycles. The van der Waals surface area contributed by atoms with Crippen molar-refractivity contribution in [3.05, 3.63) is 57.9 Å². The van der Waals surface area contributed by atoms with E-state index in [0.717, 1.165) is 17.3 Å². The van der Waals surface area contributed by atoms with E-state index < -0.39 is 6.10 Å². The fourth-order valence-corrected chi connectivity index (χ4v) is 4.67. The smallest absolute Gasteiger partial charge is 0.270 e. The number of aryl methyl sites for hydroxylation is 1. The number of aromatic amines is 1. The summed E-state index contributed by atoms with van der Waals surface area (Å²) in [6.45, 7) is 3.14. The molecule has 3 aromatic rings. The van der Waals surface area contributed by atoms with Crippen molar-refractivity contribution >= 4 is 28.1 Å². The second kappa shape index (κ2) is 6.07. The molecular formula is C19H20N2O2S. The van der Waals surface area contributed by atoms with Crippen LogP contribution in [0.2, 0.25) is 0 Å². The normalized spacial score (nSPS) is 21.3. The fraction of sp³-hybridized carbons (Fsp3) is 0.316. The van der Waals surface area contributed by atoms with Gasteiger partial charge in [-0.15, -0.1) is 11.3 Å². The van der Waals surface area contributed by atoms with Gasteiger partial charge in [0.1, 0.15) is 5.69 Å². The first-order valence-electron chi connectivity index (χ1n) is 8.22. The molecule has 0 aliphatic carbocycles. The van der Waals surface area contributed by atoms with E-state index in [2.05, 4.69) is 23.4 Å². The molecular weight excluding hydrogens is 320 g/mol. The first kappa shape index (κ1) is 15.4. The molecule has 1 fully saturated rings. The Morgan fingerprint density at radius 1 is 1.33 bits per heavy atom. The highest BCUT2D eigenvalue weighted by molar-refractivity contribution is 7.10. The third-order valence-electron chi connectivity index (χ3n) is 4.87. The number of aliphatic hydroxyl groups excluding tert-OH is 1. The quantitative estimate of drug-likeness (QED) is 0.750. The van der Waals surface area contributed by atoms with E-state index in [1.165, 1.54) is 10.4 Å². The number of aliphatic hydroxyl groups is 1. The zero-order valence-corrected chi connectivity index (χ0v) is 14.3. The van der Waals surface area contributed by atoms with E-state index in [4.69, 9.17) is 0 Å². The number of piperidine rings is 1. The number of aromatic nitrogens is 1. The predicted molar refractivity (Wildman–Crippen MR) is 96.6 cm³/mol. The zero-order valence-electron chi connectivity index (χ0n) is 13.5. The van der Waals surface area contributed by atoms with E-state index in [-0.39, 0.29) is 11.8 Å². The third-order valence-corrected chi connectivity index (χ3v) is 6.02. The van der Waals surface area contributed by atoms with Crippen molar-refractivity contribution in [2.45, 2.75) is 25.4 Å². The zero-order chi connectivity index (χ0) is 16.7. The van der Waals surface area contributed by atoms with Crippen LogP contribution in [0.1, 0.15) is 33.3 Å². The molecule has 2 atom stereocenters. The number of carbonyl (C=O) groups excluding carboxylic acids is 1. The summed E-state index contributed by atoms with van der Waals surface area (Å²) in [6.07, 6.45) is 0.290. The Balaban J connectivity index is 1.52. The summed E-state index contributed by atoms with van der Waals surface area (Å²) in [7, 11) is 0. The molecule has 2 N–H and O–H groups in total. The van der Waals surface area contributed by atoms with Crippen molar-refractivity contribution in [2.75, 3.05) is 13.1 Å². The van der Waals surface area contributed by atoms with E-state index in [1.807, 2.05) is 30.3 Å². The Labute approximate surface area is 144 Å². The first-order valence-corrected chi connectivity index (χ1v) is 9.10. The summed E-state index contributed by atoms with van der Waals surface area (Å²) < 4.78 is 0. The molecule has 1 aromatic carbocycles. The fourth-order valence-electron chi connectivity index (χ4n) is 3.55. The summed E-state index contributed by atoms with van der Waals surface area (Å²) >= 11 is 1.70. The molecule has 24 heavy (non-hydrogen) atoms. The van der Waals surface area contributed by atoms with Gasteiger partial charge in [-0.05, 0) is 42.5 Å². The highest BCUT2D eigenvalue weighted by atomic mass is 32.1. The lowest BCUT2D eigenvalue weighted by Crippen LogP contribution is -2.45. The Morgan fingerprint density at radius 2 is 2.17 bits per heavy atom. The van der Waals surface area contributed by atoms with Gasteiger partial charge in [0.05, 0.1) is 6.10 Å². The number of amides is 1. The lowest BCUT2D eigenvalue weighted by atomic mass is 9.90. The molecule has 1 aliphatic heterocycles. The molecule has 1 amide bonds. The molecule has 4 rings (SSSR count). The van der Waals surface area contributed by atoms with Crippen molar-refractivity contribution in [1.82, 2.24) is 9.88 Å². The second-order valence-corrected chi connectivity index (χ2v) is 7.40. The number of nitrogens with one attached hydrogen (secondary N) is 1. The van der Waals surface area contributed by atoms with Crippen LogP contribution in [0.4, 0.5) is 0 Å². The summed E-state index contributed by atoms with van der Waals surface area (Å²) in [5.41, 5.74) is 2.79. The number of fused-ring (bicyclic) bond motifs is 1. The number of hydrogen-bond donors (Lipinski definition) is 2. The molecule has 3 heterocycles. The monoisotopic (exact) mass is 340 g/mol. The molecule has 0 bridgehead atoms. The van der Waals surface area contributed by atoms with Gasteiger partial charge >= 0.3 is 0 Å². The third kappa shape index (κ3) is 2.64. The van der Waals surface area contributed by atoms with Crippen molar-refractivity contribution in [2.24, 2.45) is 0 Å². The molecule has 1 aliphatic rings. The van der Waals surface area contributed by atoms with Crippen molar-refractivity contribution < 1.29 is 9.90 Å². The van der Waals surface area contributed by atoms with Crippen molar-refractivity contribution in [3.8, 4) is 0 Å². The maximum absolute atomic E-state index is 12.8. The van der Waals surface area contributed by atoms with Crippen molar-refractivity contribution in [1.29, 1.82) is 0 Å². The van der Waals surface area contributed by atoms with Crippen LogP contribution in [0.3, 0.4) is 0 Å². The number of H-pyrrole nitrogens is 1. The minimum absolute atomic E-state index is 0.0356.